The Balaban J connectivity index is 2.77. The lowest BCUT2D eigenvalue weighted by molar-refractivity contribution is -0.148. The fourth-order valence-electron chi connectivity index (χ4n) is 1.64. The van der Waals surface area contributed by atoms with Crippen LogP contribution in [0, 0.1) is 0 Å². The van der Waals surface area contributed by atoms with Gasteiger partial charge in [-0.05, 0) is 18.2 Å². The van der Waals surface area contributed by atoms with Gasteiger partial charge in [-0.3, -0.25) is 4.79 Å². The van der Waals surface area contributed by atoms with Gasteiger partial charge in [0.15, 0.2) is 17.6 Å². The summed E-state index contributed by atoms with van der Waals surface area (Å²) in [4.78, 5) is 22.8. The summed E-state index contributed by atoms with van der Waals surface area (Å²) in [7, 11) is 2.73. The van der Waals surface area contributed by atoms with Crippen LogP contribution in [0.4, 0.5) is 0 Å². The van der Waals surface area contributed by atoms with E-state index >= 15 is 0 Å². The molecule has 7 heteroatoms. The van der Waals surface area contributed by atoms with Crippen molar-refractivity contribution in [3.05, 3.63) is 36.4 Å². The van der Waals surface area contributed by atoms with E-state index in [0.717, 1.165) is 0 Å². The zero-order valence-electron chi connectivity index (χ0n) is 12.5. The normalized spacial score (nSPS) is 11.4. The molecule has 0 aliphatic heterocycles. The second-order valence-corrected chi connectivity index (χ2v) is 4.24. The first-order valence-electron chi connectivity index (χ1n) is 6.49. The Morgan fingerprint density at radius 2 is 2.09 bits per heavy atom. The van der Waals surface area contributed by atoms with E-state index in [1.807, 2.05) is 0 Å². The second kappa shape index (κ2) is 8.68. The maximum atomic E-state index is 12.0. The van der Waals surface area contributed by atoms with Gasteiger partial charge in [0, 0.05) is 12.7 Å². The highest BCUT2D eigenvalue weighted by molar-refractivity contribution is 5.95. The molecule has 0 saturated heterocycles. The van der Waals surface area contributed by atoms with E-state index in [0.29, 0.717) is 23.7 Å². The van der Waals surface area contributed by atoms with Crippen LogP contribution >= 0.6 is 0 Å². The van der Waals surface area contributed by atoms with E-state index < -0.39 is 18.0 Å². The number of benzene rings is 1. The van der Waals surface area contributed by atoms with Crippen LogP contribution in [-0.2, 0) is 9.53 Å². The van der Waals surface area contributed by atoms with E-state index in [2.05, 4.69) is 11.9 Å². The molecule has 1 aromatic carbocycles. The zero-order valence-corrected chi connectivity index (χ0v) is 12.5. The van der Waals surface area contributed by atoms with Gasteiger partial charge >= 0.3 is 5.97 Å². The number of carbonyl (C=O) groups is 2. The second-order valence-electron chi connectivity index (χ2n) is 4.24. The molecule has 0 fully saturated rings. The molecule has 2 N–H and O–H groups in total. The van der Waals surface area contributed by atoms with E-state index in [1.165, 1.54) is 20.3 Å². The van der Waals surface area contributed by atoms with E-state index in [4.69, 9.17) is 19.3 Å². The Morgan fingerprint density at radius 3 is 2.64 bits per heavy atom. The van der Waals surface area contributed by atoms with Crippen molar-refractivity contribution in [2.75, 3.05) is 27.4 Å². The summed E-state index contributed by atoms with van der Waals surface area (Å²) in [5.74, 6) is -0.694. The molecule has 0 aromatic heterocycles. The highest BCUT2D eigenvalue weighted by Gasteiger charge is 2.18. The summed E-state index contributed by atoms with van der Waals surface area (Å²) < 4.78 is 15.3. The molecule has 1 aromatic rings. The van der Waals surface area contributed by atoms with Crippen molar-refractivity contribution in [2.45, 2.75) is 6.10 Å². The van der Waals surface area contributed by atoms with Crippen molar-refractivity contribution >= 4 is 11.9 Å². The molecule has 7 nitrogen and oxygen atoms in total. The minimum Gasteiger partial charge on any atom is -0.493 e. The smallest absolute Gasteiger partial charge is 0.334 e. The van der Waals surface area contributed by atoms with Crippen molar-refractivity contribution in [3.63, 3.8) is 0 Å². The predicted molar refractivity (Wildman–Crippen MR) is 79.5 cm³/mol. The number of aliphatic carboxylic acids is 1. The highest BCUT2D eigenvalue weighted by atomic mass is 16.5. The van der Waals surface area contributed by atoms with Gasteiger partial charge in [0.1, 0.15) is 6.61 Å². The zero-order chi connectivity index (χ0) is 16.5. The van der Waals surface area contributed by atoms with Gasteiger partial charge in [0.05, 0.1) is 13.7 Å². The maximum Gasteiger partial charge on any atom is 0.334 e. The van der Waals surface area contributed by atoms with Gasteiger partial charge in [-0.1, -0.05) is 12.7 Å². The third-order valence-electron chi connectivity index (χ3n) is 2.79. The first-order chi connectivity index (χ1) is 10.5. The van der Waals surface area contributed by atoms with Crippen LogP contribution in [0.3, 0.4) is 0 Å². The standard InChI is InChI=1S/C15H19NO6/c1-4-7-22-11-6-5-10(8-12(11)20-2)14(17)16-9-13(21-3)15(18)19/h4-6,8,13H,1,7,9H2,2-3H3,(H,16,17)(H,18,19). The Hall–Kier alpha value is -2.54. The molecule has 0 saturated carbocycles. The van der Waals surface area contributed by atoms with Gasteiger partial charge < -0.3 is 24.6 Å². The number of carboxylic acid groups (broad SMARTS) is 1. The Morgan fingerprint density at radius 1 is 1.36 bits per heavy atom. The van der Waals surface area contributed by atoms with Crippen molar-refractivity contribution in [2.24, 2.45) is 0 Å². The molecule has 1 atom stereocenters. The lowest BCUT2D eigenvalue weighted by Gasteiger charge is -2.13. The van der Waals surface area contributed by atoms with Crippen molar-refractivity contribution in [1.29, 1.82) is 0 Å². The third-order valence-corrected chi connectivity index (χ3v) is 2.79. The number of nitrogens with one attached hydrogen (secondary N) is 1. The van der Waals surface area contributed by atoms with Gasteiger partial charge in [0.2, 0.25) is 0 Å². The first-order valence-corrected chi connectivity index (χ1v) is 6.49. The van der Waals surface area contributed by atoms with Gasteiger partial charge in [-0.25, -0.2) is 4.79 Å². The van der Waals surface area contributed by atoms with Crippen LogP contribution < -0.4 is 14.8 Å². The minimum atomic E-state index is -1.14. The SMILES string of the molecule is C=CCOc1ccc(C(=O)NCC(OC)C(=O)O)cc1OC. The summed E-state index contributed by atoms with van der Waals surface area (Å²) in [6.45, 7) is 3.73. The van der Waals surface area contributed by atoms with Crippen molar-refractivity contribution in [1.82, 2.24) is 5.32 Å². The van der Waals surface area contributed by atoms with E-state index in [1.54, 1.807) is 18.2 Å². The van der Waals surface area contributed by atoms with Crippen LogP contribution in [0.15, 0.2) is 30.9 Å². The molecule has 0 aliphatic rings. The monoisotopic (exact) mass is 309 g/mol. The van der Waals surface area contributed by atoms with Gasteiger partial charge in [0.25, 0.3) is 5.91 Å². The topological polar surface area (TPSA) is 94.1 Å². The fourth-order valence-corrected chi connectivity index (χ4v) is 1.64. The summed E-state index contributed by atoms with van der Waals surface area (Å²) in [6.07, 6.45) is 0.498. The molecule has 0 bridgehead atoms. The lowest BCUT2D eigenvalue weighted by Crippen LogP contribution is -2.37. The van der Waals surface area contributed by atoms with Crippen LogP contribution in [0.1, 0.15) is 10.4 Å². The molecule has 0 heterocycles. The number of carboxylic acids is 1. The quantitative estimate of drug-likeness (QED) is 0.663. The van der Waals surface area contributed by atoms with E-state index in [-0.39, 0.29) is 6.54 Å². The molecule has 1 rings (SSSR count). The van der Waals surface area contributed by atoms with Crippen LogP contribution in [0.5, 0.6) is 11.5 Å². The lowest BCUT2D eigenvalue weighted by atomic mass is 10.2. The molecule has 120 valence electrons. The molecule has 1 unspecified atom stereocenters. The van der Waals surface area contributed by atoms with Crippen molar-refractivity contribution < 1.29 is 28.9 Å². The molecule has 0 spiro atoms. The van der Waals surface area contributed by atoms with Gasteiger partial charge in [-0.2, -0.15) is 0 Å². The number of carbonyl (C=O) groups excluding carboxylic acids is 1. The molecule has 0 aliphatic carbocycles. The van der Waals surface area contributed by atoms with Crippen LogP contribution in [-0.4, -0.2) is 50.5 Å². The molecule has 0 radical (unpaired) electrons. The van der Waals surface area contributed by atoms with Crippen LogP contribution in [0.2, 0.25) is 0 Å². The summed E-state index contributed by atoms with van der Waals surface area (Å²) >= 11 is 0. The molecular weight excluding hydrogens is 290 g/mol. The molecule has 22 heavy (non-hydrogen) atoms. The molecule has 1 amide bonds. The van der Waals surface area contributed by atoms with Crippen molar-refractivity contribution in [3.8, 4) is 11.5 Å². The number of amides is 1. The Labute approximate surface area is 128 Å². The van der Waals surface area contributed by atoms with Gasteiger partial charge in [-0.15, -0.1) is 0 Å². The summed E-state index contributed by atoms with van der Waals surface area (Å²) in [5.41, 5.74) is 0.322. The third kappa shape index (κ3) is 4.78. The number of methoxy groups -OCH3 is 2. The average Bonchev–Trinajstić information content (AvgIpc) is 2.52. The number of ether oxygens (including phenoxy) is 3. The van der Waals surface area contributed by atoms with Crippen LogP contribution in [0.25, 0.3) is 0 Å². The predicted octanol–water partition coefficient (Wildman–Crippen LogP) is 1.09. The Kier molecular flexibility index (Phi) is 6.91. The van der Waals surface area contributed by atoms with E-state index in [9.17, 15) is 9.59 Å². The number of rotatable bonds is 9. The fraction of sp³-hybridized carbons (Fsp3) is 0.333. The maximum absolute atomic E-state index is 12.0. The molecular formula is C15H19NO6. The Bertz CT molecular complexity index is 543. The number of hydrogen-bond donors (Lipinski definition) is 2. The minimum absolute atomic E-state index is 0.137. The highest BCUT2D eigenvalue weighted by Crippen LogP contribution is 2.28. The number of hydrogen-bond acceptors (Lipinski definition) is 5. The average molecular weight is 309 g/mol. The largest absolute Gasteiger partial charge is 0.493 e. The summed E-state index contributed by atoms with van der Waals surface area (Å²) in [6, 6.07) is 4.66. The first kappa shape index (κ1) is 17.5. The summed E-state index contributed by atoms with van der Waals surface area (Å²) in [5, 5.41) is 11.3.